The van der Waals surface area contributed by atoms with Crippen LogP contribution in [-0.4, -0.2) is 83.9 Å². The number of nitrogens with one attached hydrogen (secondary N) is 1. The maximum Gasteiger partial charge on any atom is 0.306 e. The Bertz CT molecular complexity index is 2030. The highest BCUT2D eigenvalue weighted by Gasteiger charge is 2.62. The number of allylic oxidation sites excluding steroid dienone is 5. The SMILES string of the molecule is CN(C)C(C(=O)Nc1ccc2cnccc2c1)C1C=CC(COC(=O)CCC(=O)OCC(=O)[C@H]2CCC3[C@@H]4CCC5=CC(=O)C=C[C@]5(C)C4[C@@H](O)C[C@@]32C)=CC1. The maximum absolute atomic E-state index is 13.5. The van der Waals surface area contributed by atoms with Gasteiger partial charge in [0.15, 0.2) is 11.6 Å². The Kier molecular flexibility index (Phi) is 11.3. The van der Waals surface area contributed by atoms with E-state index in [-0.39, 0.29) is 78.5 Å². The largest absolute Gasteiger partial charge is 0.461 e. The number of rotatable bonds is 12. The Hall–Kier alpha value is -4.74. The van der Waals surface area contributed by atoms with Crippen LogP contribution in [0.1, 0.15) is 65.2 Å². The van der Waals surface area contributed by atoms with Gasteiger partial charge in [-0.15, -0.1) is 0 Å². The summed E-state index contributed by atoms with van der Waals surface area (Å²) in [5.41, 5.74) is 1.84. The number of benzene rings is 1. The molecule has 0 spiro atoms. The van der Waals surface area contributed by atoms with Crippen LogP contribution in [-0.2, 0) is 33.4 Å². The minimum Gasteiger partial charge on any atom is -0.461 e. The number of aromatic nitrogens is 1. The molecular formula is C45H53N3O8. The lowest BCUT2D eigenvalue weighted by Crippen LogP contribution is -2.56. The predicted octanol–water partition coefficient (Wildman–Crippen LogP) is 5.94. The number of nitrogens with zero attached hydrogens (tertiary/aromatic N) is 2. The van der Waals surface area contributed by atoms with Crippen molar-refractivity contribution in [1.82, 2.24) is 9.88 Å². The fourth-order valence-electron chi connectivity index (χ4n) is 10.8. The third-order valence-corrected chi connectivity index (χ3v) is 13.5. The van der Waals surface area contributed by atoms with Crippen molar-refractivity contribution in [2.45, 2.75) is 77.4 Å². The van der Waals surface area contributed by atoms with Crippen molar-refractivity contribution >= 4 is 45.9 Å². The van der Waals surface area contributed by atoms with Crippen molar-refractivity contribution in [3.63, 3.8) is 0 Å². The summed E-state index contributed by atoms with van der Waals surface area (Å²) in [6, 6.07) is 7.20. The molecule has 0 saturated heterocycles. The van der Waals surface area contributed by atoms with E-state index in [1.165, 1.54) is 0 Å². The van der Waals surface area contributed by atoms with Gasteiger partial charge in [-0.05, 0) is 111 Å². The first kappa shape index (κ1) is 39.5. The zero-order valence-electron chi connectivity index (χ0n) is 32.7. The smallest absolute Gasteiger partial charge is 0.306 e. The number of aliphatic hydroxyl groups excluding tert-OH is 1. The average molecular weight is 764 g/mol. The van der Waals surface area contributed by atoms with E-state index in [4.69, 9.17) is 9.47 Å². The van der Waals surface area contributed by atoms with Gasteiger partial charge in [0.25, 0.3) is 0 Å². The first-order valence-electron chi connectivity index (χ1n) is 19.9. The zero-order chi connectivity index (χ0) is 39.8. The highest BCUT2D eigenvalue weighted by atomic mass is 16.5. The third-order valence-electron chi connectivity index (χ3n) is 13.5. The number of amides is 1. The van der Waals surface area contributed by atoms with Crippen LogP contribution in [0.4, 0.5) is 5.69 Å². The van der Waals surface area contributed by atoms with Gasteiger partial charge in [-0.3, -0.25) is 33.9 Å². The molecule has 7 rings (SSSR count). The fourth-order valence-corrected chi connectivity index (χ4v) is 10.8. The molecule has 1 amide bonds. The molecule has 5 aliphatic rings. The van der Waals surface area contributed by atoms with Crippen LogP contribution in [0.5, 0.6) is 0 Å². The van der Waals surface area contributed by atoms with Crippen molar-refractivity contribution in [2.24, 2.45) is 40.4 Å². The number of fused-ring (bicyclic) bond motifs is 6. The lowest BCUT2D eigenvalue weighted by atomic mass is 9.46. The van der Waals surface area contributed by atoms with E-state index in [0.717, 1.165) is 41.2 Å². The number of pyridine rings is 1. The van der Waals surface area contributed by atoms with Gasteiger partial charge in [0.05, 0.1) is 25.0 Å². The summed E-state index contributed by atoms with van der Waals surface area (Å²) >= 11 is 0. The molecule has 56 heavy (non-hydrogen) atoms. The number of likely N-dealkylation sites (N-methyl/N-ethyl adjacent to an activating group) is 1. The first-order valence-corrected chi connectivity index (χ1v) is 19.9. The van der Waals surface area contributed by atoms with Crippen molar-refractivity contribution < 1.29 is 38.6 Å². The topological polar surface area (TPSA) is 152 Å². The van der Waals surface area contributed by atoms with Gasteiger partial charge in [-0.1, -0.05) is 49.8 Å². The van der Waals surface area contributed by atoms with E-state index < -0.39 is 29.5 Å². The number of carbonyl (C=O) groups is 5. The molecule has 9 atom stereocenters. The van der Waals surface area contributed by atoms with Gasteiger partial charge in [-0.2, -0.15) is 0 Å². The molecule has 5 aliphatic carbocycles. The van der Waals surface area contributed by atoms with Gasteiger partial charge in [0.1, 0.15) is 13.2 Å². The Labute approximate surface area is 328 Å². The number of ether oxygens (including phenoxy) is 2. The average Bonchev–Trinajstić information content (AvgIpc) is 3.52. The van der Waals surface area contributed by atoms with E-state index in [2.05, 4.69) is 24.1 Å². The Morgan fingerprint density at radius 2 is 1.80 bits per heavy atom. The number of anilines is 1. The van der Waals surface area contributed by atoms with Gasteiger partial charge in [-0.25, -0.2) is 0 Å². The monoisotopic (exact) mass is 763 g/mol. The second-order valence-corrected chi connectivity index (χ2v) is 17.1. The van der Waals surface area contributed by atoms with Crippen molar-refractivity contribution in [3.05, 3.63) is 84.3 Å². The summed E-state index contributed by atoms with van der Waals surface area (Å²) in [6.07, 6.45) is 18.0. The summed E-state index contributed by atoms with van der Waals surface area (Å²) in [7, 11) is 3.74. The molecule has 11 nitrogen and oxygen atoms in total. The zero-order valence-corrected chi connectivity index (χ0v) is 32.7. The number of hydrogen-bond donors (Lipinski definition) is 2. The third kappa shape index (κ3) is 7.80. The minimum absolute atomic E-state index is 0.00278. The van der Waals surface area contributed by atoms with Crippen molar-refractivity contribution in [3.8, 4) is 0 Å². The summed E-state index contributed by atoms with van der Waals surface area (Å²) < 4.78 is 10.8. The fraction of sp³-hybridized carbons (Fsp3) is 0.511. The number of hydrogen-bond acceptors (Lipinski definition) is 10. The summed E-state index contributed by atoms with van der Waals surface area (Å²) in [6.45, 7) is 3.93. The minimum atomic E-state index is -0.634. The van der Waals surface area contributed by atoms with Crippen LogP contribution in [0.15, 0.2) is 84.3 Å². The standard InChI is InChI=1S/C45H53N3O8/c1-44-19-17-33(49)22-31(44)10-12-34-35-13-14-36(45(35,2)23-37(50)41(34)44)38(51)26-56-40(53)16-15-39(52)55-25-27-5-7-28(8-6-27)42(48(3)4)43(54)47-32-11-9-30-24-46-20-18-29(30)21-32/h5-7,9,11,17-22,24,28,34-37,41-42,50H,8,10,12-16,23,25-26H2,1-4H3,(H,47,54)/t28?,34-,35?,36+,37-,41?,42?,44-,45-/m0/s1. The van der Waals surface area contributed by atoms with Crippen LogP contribution in [0, 0.1) is 40.4 Å². The van der Waals surface area contributed by atoms with Crippen LogP contribution in [0.2, 0.25) is 0 Å². The number of aliphatic hydroxyl groups is 1. The van der Waals surface area contributed by atoms with E-state index in [9.17, 15) is 29.1 Å². The second-order valence-electron chi connectivity index (χ2n) is 17.1. The predicted molar refractivity (Wildman–Crippen MR) is 211 cm³/mol. The molecule has 296 valence electrons. The maximum atomic E-state index is 13.5. The van der Waals surface area contributed by atoms with E-state index in [0.29, 0.717) is 24.9 Å². The molecule has 0 bridgehead atoms. The first-order chi connectivity index (χ1) is 26.8. The number of carbonyl (C=O) groups excluding carboxylic acids is 5. The Morgan fingerprint density at radius 3 is 2.55 bits per heavy atom. The lowest BCUT2D eigenvalue weighted by Gasteiger charge is -2.58. The van der Waals surface area contributed by atoms with Gasteiger partial charge < -0.3 is 19.9 Å². The molecule has 1 aromatic heterocycles. The molecule has 1 aromatic carbocycles. The van der Waals surface area contributed by atoms with Gasteiger partial charge in [0.2, 0.25) is 5.91 Å². The molecule has 1 heterocycles. The second kappa shape index (κ2) is 16.0. The molecule has 3 fully saturated rings. The number of Topliss-reactive ketones (excluding diaryl/α,β-unsaturated/α-hetero) is 1. The van der Waals surface area contributed by atoms with Gasteiger partial charge >= 0.3 is 11.9 Å². The molecular weight excluding hydrogens is 711 g/mol. The van der Waals surface area contributed by atoms with Crippen LogP contribution in [0.25, 0.3) is 10.8 Å². The number of esters is 2. The lowest BCUT2D eigenvalue weighted by molar-refractivity contribution is -0.155. The molecule has 2 N–H and O–H groups in total. The quantitative estimate of drug-likeness (QED) is 0.249. The molecule has 0 radical (unpaired) electrons. The van der Waals surface area contributed by atoms with Crippen LogP contribution >= 0.6 is 0 Å². The van der Waals surface area contributed by atoms with Gasteiger partial charge in [0, 0.05) is 46.6 Å². The van der Waals surface area contributed by atoms with Crippen molar-refractivity contribution in [1.29, 1.82) is 0 Å². The van der Waals surface area contributed by atoms with Crippen molar-refractivity contribution in [2.75, 3.05) is 32.6 Å². The normalized spacial score (nSPS) is 31.1. The molecule has 2 aromatic rings. The van der Waals surface area contributed by atoms with E-state index in [1.807, 2.05) is 67.6 Å². The molecule has 11 heteroatoms. The summed E-state index contributed by atoms with van der Waals surface area (Å²) in [4.78, 5) is 70.2. The van der Waals surface area contributed by atoms with Crippen LogP contribution in [0.3, 0.4) is 0 Å². The molecule has 0 aliphatic heterocycles. The van der Waals surface area contributed by atoms with E-state index in [1.54, 1.807) is 24.5 Å². The van der Waals surface area contributed by atoms with E-state index >= 15 is 0 Å². The molecule has 3 saturated carbocycles. The van der Waals surface area contributed by atoms with Crippen LogP contribution < -0.4 is 5.32 Å². The Balaban J connectivity index is 0.840. The number of ketones is 2. The summed E-state index contributed by atoms with van der Waals surface area (Å²) in [5, 5.41) is 16.6. The summed E-state index contributed by atoms with van der Waals surface area (Å²) in [5.74, 6) is -1.37. The highest BCUT2D eigenvalue weighted by molar-refractivity contribution is 6.01. The highest BCUT2D eigenvalue weighted by Crippen LogP contribution is 2.66. The Morgan fingerprint density at radius 1 is 1.02 bits per heavy atom. The molecule has 4 unspecified atom stereocenters.